The molecule has 1 aromatic rings. The van der Waals surface area contributed by atoms with Gasteiger partial charge in [-0.05, 0) is 53.9 Å². The number of benzene rings is 1. The Balaban J connectivity index is 2.82. The SMILES string of the molecule is C[C@H](CC[C@H](COc1ccccc1[N+](=O)[O-])[C@@H](C)CC(C)(C)C)CC(C)(C)C. The minimum Gasteiger partial charge on any atom is -0.487 e. The summed E-state index contributed by atoms with van der Waals surface area (Å²) >= 11 is 0. The third-order valence-corrected chi connectivity index (χ3v) is 5.25. The van der Waals surface area contributed by atoms with E-state index < -0.39 is 0 Å². The third-order valence-electron chi connectivity index (χ3n) is 5.25. The van der Waals surface area contributed by atoms with E-state index in [4.69, 9.17) is 4.74 Å². The zero-order valence-electron chi connectivity index (χ0n) is 19.2. The lowest BCUT2D eigenvalue weighted by atomic mass is 9.76. The smallest absolute Gasteiger partial charge is 0.310 e. The van der Waals surface area contributed by atoms with E-state index in [1.807, 2.05) is 0 Å². The zero-order chi connectivity index (χ0) is 21.5. The fourth-order valence-electron chi connectivity index (χ4n) is 4.24. The molecule has 0 radical (unpaired) electrons. The predicted molar refractivity (Wildman–Crippen MR) is 118 cm³/mol. The van der Waals surface area contributed by atoms with E-state index in [1.54, 1.807) is 18.2 Å². The van der Waals surface area contributed by atoms with Gasteiger partial charge in [0.2, 0.25) is 0 Å². The van der Waals surface area contributed by atoms with E-state index in [-0.39, 0.29) is 16.0 Å². The summed E-state index contributed by atoms with van der Waals surface area (Å²) < 4.78 is 5.99. The van der Waals surface area contributed by atoms with Gasteiger partial charge >= 0.3 is 5.69 Å². The van der Waals surface area contributed by atoms with Gasteiger partial charge < -0.3 is 4.74 Å². The second-order valence-electron chi connectivity index (χ2n) is 11.0. The van der Waals surface area contributed by atoms with Gasteiger partial charge in [0.05, 0.1) is 11.5 Å². The summed E-state index contributed by atoms with van der Waals surface area (Å²) in [5.41, 5.74) is 0.645. The molecule has 0 spiro atoms. The van der Waals surface area contributed by atoms with Crippen LogP contribution in [0.4, 0.5) is 5.69 Å². The highest BCUT2D eigenvalue weighted by atomic mass is 16.6. The summed E-state index contributed by atoms with van der Waals surface area (Å²) in [6.07, 6.45) is 4.58. The van der Waals surface area contributed by atoms with Crippen LogP contribution in [0.1, 0.15) is 81.1 Å². The van der Waals surface area contributed by atoms with E-state index in [0.29, 0.717) is 35.5 Å². The highest BCUT2D eigenvalue weighted by molar-refractivity contribution is 5.45. The Kier molecular flexibility index (Phi) is 8.97. The first kappa shape index (κ1) is 24.5. The van der Waals surface area contributed by atoms with Crippen molar-refractivity contribution in [2.24, 2.45) is 28.6 Å². The number of para-hydroxylation sites is 2. The molecule has 3 atom stereocenters. The molecular weight excluding hydrogens is 350 g/mol. The molecule has 0 aromatic heterocycles. The number of nitro groups is 1. The van der Waals surface area contributed by atoms with Gasteiger partial charge in [0.25, 0.3) is 0 Å². The normalized spacial score (nSPS) is 15.7. The van der Waals surface area contributed by atoms with Crippen LogP contribution >= 0.6 is 0 Å². The number of hydrogen-bond acceptors (Lipinski definition) is 3. The number of nitro benzene ring substituents is 1. The minimum absolute atomic E-state index is 0.0471. The first-order valence-electron chi connectivity index (χ1n) is 10.6. The van der Waals surface area contributed by atoms with Crippen LogP contribution in [-0.4, -0.2) is 11.5 Å². The van der Waals surface area contributed by atoms with Crippen molar-refractivity contribution in [1.82, 2.24) is 0 Å². The average Bonchev–Trinajstić information content (AvgIpc) is 2.51. The summed E-state index contributed by atoms with van der Waals surface area (Å²) in [4.78, 5) is 10.9. The van der Waals surface area contributed by atoms with Crippen LogP contribution in [0, 0.1) is 38.7 Å². The maximum atomic E-state index is 11.3. The molecule has 4 nitrogen and oxygen atoms in total. The standard InChI is InChI=1S/C24H41NO3/c1-18(15-23(3,4)5)13-14-20(19(2)16-24(6,7)8)17-28-22-12-10-9-11-21(22)25(26)27/h9-12,18-20H,13-17H2,1-8H3/t18-,19+,20-/m1/s1. The highest BCUT2D eigenvalue weighted by Crippen LogP contribution is 2.35. The second kappa shape index (κ2) is 10.3. The molecule has 0 unspecified atom stereocenters. The lowest BCUT2D eigenvalue weighted by molar-refractivity contribution is -0.385. The Labute approximate surface area is 172 Å². The molecule has 0 N–H and O–H groups in total. The van der Waals surface area contributed by atoms with Gasteiger partial charge in [-0.3, -0.25) is 10.1 Å². The maximum absolute atomic E-state index is 11.3. The van der Waals surface area contributed by atoms with Crippen molar-refractivity contribution in [1.29, 1.82) is 0 Å². The van der Waals surface area contributed by atoms with Gasteiger partial charge in [-0.15, -0.1) is 0 Å². The molecule has 28 heavy (non-hydrogen) atoms. The first-order valence-corrected chi connectivity index (χ1v) is 10.6. The van der Waals surface area contributed by atoms with E-state index in [9.17, 15) is 10.1 Å². The molecule has 0 aliphatic rings. The molecule has 1 aromatic carbocycles. The van der Waals surface area contributed by atoms with Crippen LogP contribution in [0.5, 0.6) is 5.75 Å². The molecule has 0 saturated heterocycles. The molecule has 4 heteroatoms. The monoisotopic (exact) mass is 391 g/mol. The largest absolute Gasteiger partial charge is 0.487 e. The summed E-state index contributed by atoms with van der Waals surface area (Å²) in [6, 6.07) is 6.68. The van der Waals surface area contributed by atoms with Crippen molar-refractivity contribution in [3.05, 3.63) is 34.4 Å². The van der Waals surface area contributed by atoms with Crippen molar-refractivity contribution in [3.63, 3.8) is 0 Å². The predicted octanol–water partition coefficient (Wildman–Crippen LogP) is 7.51. The van der Waals surface area contributed by atoms with Crippen LogP contribution in [0.2, 0.25) is 0 Å². The highest BCUT2D eigenvalue weighted by Gasteiger charge is 2.26. The van der Waals surface area contributed by atoms with Crippen molar-refractivity contribution in [3.8, 4) is 5.75 Å². The van der Waals surface area contributed by atoms with Gasteiger partial charge in [0.1, 0.15) is 0 Å². The van der Waals surface area contributed by atoms with E-state index in [1.165, 1.54) is 12.5 Å². The molecule has 1 rings (SSSR count). The Morgan fingerprint density at radius 1 is 0.964 bits per heavy atom. The number of hydrogen-bond donors (Lipinski definition) is 0. The Morgan fingerprint density at radius 3 is 2.07 bits per heavy atom. The molecule has 160 valence electrons. The summed E-state index contributed by atoms with van der Waals surface area (Å²) in [7, 11) is 0. The Bertz CT molecular complexity index is 613. The zero-order valence-corrected chi connectivity index (χ0v) is 19.2. The van der Waals surface area contributed by atoms with Crippen LogP contribution in [0.3, 0.4) is 0 Å². The van der Waals surface area contributed by atoms with Crippen molar-refractivity contribution < 1.29 is 9.66 Å². The van der Waals surface area contributed by atoms with Crippen molar-refractivity contribution in [2.45, 2.75) is 81.1 Å². The molecule has 0 aliphatic carbocycles. The molecule has 0 fully saturated rings. The number of ether oxygens (including phenoxy) is 1. The van der Waals surface area contributed by atoms with E-state index >= 15 is 0 Å². The Morgan fingerprint density at radius 2 is 1.54 bits per heavy atom. The molecule has 0 saturated carbocycles. The maximum Gasteiger partial charge on any atom is 0.310 e. The van der Waals surface area contributed by atoms with Crippen LogP contribution < -0.4 is 4.74 Å². The minimum atomic E-state index is -0.367. The van der Waals surface area contributed by atoms with Crippen LogP contribution in [0.25, 0.3) is 0 Å². The topological polar surface area (TPSA) is 52.4 Å². The molecule has 0 amide bonds. The summed E-state index contributed by atoms with van der Waals surface area (Å²) in [5, 5.41) is 11.3. The summed E-state index contributed by atoms with van der Waals surface area (Å²) in [5.74, 6) is 1.93. The van der Waals surface area contributed by atoms with Crippen molar-refractivity contribution in [2.75, 3.05) is 6.61 Å². The van der Waals surface area contributed by atoms with Gasteiger partial charge in [0, 0.05) is 6.07 Å². The second-order valence-corrected chi connectivity index (χ2v) is 11.0. The fraction of sp³-hybridized carbons (Fsp3) is 0.750. The van der Waals surface area contributed by atoms with Gasteiger partial charge in [0.15, 0.2) is 5.75 Å². The van der Waals surface area contributed by atoms with E-state index in [2.05, 4.69) is 55.4 Å². The third kappa shape index (κ3) is 9.57. The first-order chi connectivity index (χ1) is 12.8. The van der Waals surface area contributed by atoms with Crippen LogP contribution in [-0.2, 0) is 0 Å². The molecule has 0 bridgehead atoms. The van der Waals surface area contributed by atoms with Crippen LogP contribution in [0.15, 0.2) is 24.3 Å². The molecule has 0 heterocycles. The van der Waals surface area contributed by atoms with Gasteiger partial charge in [-0.1, -0.05) is 73.9 Å². The summed E-state index contributed by atoms with van der Waals surface area (Å²) in [6.45, 7) is 18.8. The number of nitrogens with zero attached hydrogens (tertiary/aromatic N) is 1. The van der Waals surface area contributed by atoms with E-state index in [0.717, 1.165) is 19.3 Å². The Hall–Kier alpha value is -1.58. The van der Waals surface area contributed by atoms with Gasteiger partial charge in [-0.25, -0.2) is 0 Å². The van der Waals surface area contributed by atoms with Crippen molar-refractivity contribution >= 4 is 5.69 Å². The molecular formula is C24H41NO3. The van der Waals surface area contributed by atoms with Gasteiger partial charge in [-0.2, -0.15) is 0 Å². The number of rotatable bonds is 10. The average molecular weight is 392 g/mol. The lowest BCUT2D eigenvalue weighted by Gasteiger charge is -2.31. The lowest BCUT2D eigenvalue weighted by Crippen LogP contribution is -2.25. The fourth-order valence-corrected chi connectivity index (χ4v) is 4.24. The molecule has 0 aliphatic heterocycles. The quantitative estimate of drug-likeness (QED) is 0.306.